The molecule has 0 aromatic carbocycles. The largest absolute Gasteiger partial charge is 0.748 e. The summed E-state index contributed by atoms with van der Waals surface area (Å²) < 4.78 is 81.7. The van der Waals surface area contributed by atoms with Crippen LogP contribution in [-0.2, 0) is 48.9 Å². The predicted octanol–water partition coefficient (Wildman–Crippen LogP) is -2.52. The Hall–Kier alpha value is 0.314. The third-order valence-corrected chi connectivity index (χ3v) is 0. The summed E-state index contributed by atoms with van der Waals surface area (Å²) in [5, 5.41) is 0. The molecule has 0 aliphatic carbocycles. The van der Waals surface area contributed by atoms with Gasteiger partial charge >= 0.3 is 0 Å². The zero-order valence-electron chi connectivity index (χ0n) is 8.35. The van der Waals surface area contributed by atoms with Crippen LogP contribution >= 0.6 is 0 Å². The van der Waals surface area contributed by atoms with E-state index in [1.807, 2.05) is 0 Å². The molecule has 0 saturated carbocycles. The van der Waals surface area contributed by atoms with Gasteiger partial charge < -0.3 is 13.7 Å². The molecule has 0 fully saturated rings. The Balaban J connectivity index is -0.0000000655. The van der Waals surface area contributed by atoms with Crippen LogP contribution in [0.1, 0.15) is 0 Å². The standard InChI is InChI=1S/3CH4O3S.V/c3*1-5(2,3)4;/h3*1H3,(H,2,3,4);/p-3. The van der Waals surface area contributed by atoms with Crippen molar-refractivity contribution in [3.8, 4) is 0 Å². The summed E-state index contributed by atoms with van der Waals surface area (Å²) in [6, 6.07) is 0. The SMILES string of the molecule is CS(=O)(=O)[O-].CS(=O)(=O)[O-].CS(=O)(=O)[O-].[V]. The fraction of sp³-hybridized carbons (Fsp3) is 1.00. The van der Waals surface area contributed by atoms with Gasteiger partial charge in [0.05, 0.1) is 30.4 Å². The Kier molecular flexibility index (Phi) is 14.8. The van der Waals surface area contributed by atoms with Crippen molar-refractivity contribution in [2.75, 3.05) is 18.8 Å². The Morgan fingerprint density at radius 2 is 0.562 bits per heavy atom. The van der Waals surface area contributed by atoms with E-state index in [2.05, 4.69) is 0 Å². The maximum Gasteiger partial charge on any atom is 0.0916 e. The van der Waals surface area contributed by atoms with E-state index in [4.69, 9.17) is 38.9 Å². The zero-order valence-corrected chi connectivity index (χ0v) is 12.2. The first kappa shape index (κ1) is 25.2. The molecule has 0 unspecified atom stereocenters. The third kappa shape index (κ3) is 25700. The molecular weight excluding hydrogens is 327 g/mol. The first-order chi connectivity index (χ1) is 6.00. The Labute approximate surface area is 106 Å². The summed E-state index contributed by atoms with van der Waals surface area (Å²) >= 11 is 0. The van der Waals surface area contributed by atoms with E-state index >= 15 is 0 Å². The average Bonchev–Trinajstić information content (AvgIpc) is 1.41. The molecule has 1 radical (unpaired) electrons. The third-order valence-electron chi connectivity index (χ3n) is 0. The molecule has 0 aliphatic rings. The molecule has 9 nitrogen and oxygen atoms in total. The Morgan fingerprint density at radius 1 is 0.562 bits per heavy atom. The molecule has 0 spiro atoms. The Bertz CT molecular complexity index is 347. The van der Waals surface area contributed by atoms with Gasteiger partial charge in [-0.1, -0.05) is 0 Å². The van der Waals surface area contributed by atoms with E-state index < -0.39 is 30.4 Å². The van der Waals surface area contributed by atoms with Crippen LogP contribution in [0, 0.1) is 0 Å². The first-order valence-corrected chi connectivity index (χ1v) is 8.17. The van der Waals surface area contributed by atoms with E-state index in [0.29, 0.717) is 18.8 Å². The molecule has 0 aromatic heterocycles. The minimum absolute atomic E-state index is 0. The molecule has 0 bridgehead atoms. The van der Waals surface area contributed by atoms with Crippen LogP contribution in [0.2, 0.25) is 0 Å². The minimum atomic E-state index is -3.92. The summed E-state index contributed by atoms with van der Waals surface area (Å²) in [6.07, 6.45) is 1.81. The maximum atomic E-state index is 9.08. The summed E-state index contributed by atoms with van der Waals surface area (Å²) in [6.45, 7) is 0. The molecule has 101 valence electrons. The fourth-order valence-corrected chi connectivity index (χ4v) is 0. The molecule has 16 heavy (non-hydrogen) atoms. The van der Waals surface area contributed by atoms with Gasteiger partial charge in [-0.15, -0.1) is 0 Å². The minimum Gasteiger partial charge on any atom is -0.748 e. The van der Waals surface area contributed by atoms with Crippen LogP contribution in [0.4, 0.5) is 0 Å². The topological polar surface area (TPSA) is 172 Å². The van der Waals surface area contributed by atoms with Crippen LogP contribution in [0.15, 0.2) is 0 Å². The van der Waals surface area contributed by atoms with Crippen LogP contribution in [-0.4, -0.2) is 57.7 Å². The second-order valence-corrected chi connectivity index (χ2v) is 6.34. The van der Waals surface area contributed by atoms with Gasteiger partial charge in [-0.05, 0) is 0 Å². The smallest absolute Gasteiger partial charge is 0.0916 e. The monoisotopic (exact) mass is 336 g/mol. The molecule has 0 amide bonds. The quantitative estimate of drug-likeness (QED) is 0.433. The van der Waals surface area contributed by atoms with Crippen molar-refractivity contribution < 1.29 is 57.5 Å². The molecule has 0 atom stereocenters. The van der Waals surface area contributed by atoms with Gasteiger partial charge in [0.25, 0.3) is 0 Å². The number of hydrogen-bond donors (Lipinski definition) is 0. The number of hydrogen-bond acceptors (Lipinski definition) is 9. The summed E-state index contributed by atoms with van der Waals surface area (Å²) in [5.74, 6) is 0. The second kappa shape index (κ2) is 9.36. The normalized spacial score (nSPS) is 10.9. The molecule has 0 aromatic rings. The molecular formula is C3H9O9S3V-3. The fourth-order valence-electron chi connectivity index (χ4n) is 0. The summed E-state index contributed by atoms with van der Waals surface area (Å²) in [4.78, 5) is 0. The van der Waals surface area contributed by atoms with E-state index in [1.165, 1.54) is 0 Å². The van der Waals surface area contributed by atoms with Gasteiger partial charge in [0, 0.05) is 37.3 Å². The predicted molar refractivity (Wildman–Crippen MR) is 46.9 cm³/mol. The van der Waals surface area contributed by atoms with Crippen LogP contribution in [0.3, 0.4) is 0 Å². The van der Waals surface area contributed by atoms with Gasteiger partial charge in [-0.3, -0.25) is 0 Å². The maximum absolute atomic E-state index is 9.08. The van der Waals surface area contributed by atoms with Crippen LogP contribution < -0.4 is 0 Å². The van der Waals surface area contributed by atoms with Crippen molar-refractivity contribution >= 4 is 30.4 Å². The van der Waals surface area contributed by atoms with Crippen LogP contribution in [0.5, 0.6) is 0 Å². The van der Waals surface area contributed by atoms with Gasteiger partial charge in [0.15, 0.2) is 0 Å². The van der Waals surface area contributed by atoms with E-state index in [-0.39, 0.29) is 18.6 Å². The van der Waals surface area contributed by atoms with E-state index in [0.717, 1.165) is 0 Å². The van der Waals surface area contributed by atoms with Crippen molar-refractivity contribution in [1.82, 2.24) is 0 Å². The van der Waals surface area contributed by atoms with Crippen molar-refractivity contribution in [2.45, 2.75) is 0 Å². The van der Waals surface area contributed by atoms with Crippen molar-refractivity contribution in [1.29, 1.82) is 0 Å². The molecule has 13 heteroatoms. The molecule has 0 rings (SSSR count). The van der Waals surface area contributed by atoms with Gasteiger partial charge in [-0.25, -0.2) is 25.3 Å². The van der Waals surface area contributed by atoms with Crippen LogP contribution in [0.25, 0.3) is 0 Å². The van der Waals surface area contributed by atoms with Crippen molar-refractivity contribution in [3.05, 3.63) is 0 Å². The van der Waals surface area contributed by atoms with Gasteiger partial charge in [0.2, 0.25) is 0 Å². The molecule has 0 saturated heterocycles. The Morgan fingerprint density at radius 3 is 0.562 bits per heavy atom. The molecule has 0 aliphatic heterocycles. The zero-order chi connectivity index (χ0) is 13.5. The van der Waals surface area contributed by atoms with E-state index in [9.17, 15) is 0 Å². The first-order valence-electron chi connectivity index (χ1n) is 2.72. The van der Waals surface area contributed by atoms with Crippen molar-refractivity contribution in [3.63, 3.8) is 0 Å². The van der Waals surface area contributed by atoms with Crippen molar-refractivity contribution in [2.24, 2.45) is 0 Å². The summed E-state index contributed by atoms with van der Waals surface area (Å²) in [5.41, 5.74) is 0. The molecule has 0 heterocycles. The van der Waals surface area contributed by atoms with E-state index in [1.54, 1.807) is 0 Å². The van der Waals surface area contributed by atoms with Gasteiger partial charge in [-0.2, -0.15) is 0 Å². The summed E-state index contributed by atoms with van der Waals surface area (Å²) in [7, 11) is -11.8. The molecule has 0 N–H and O–H groups in total. The van der Waals surface area contributed by atoms with Gasteiger partial charge in [0.1, 0.15) is 0 Å². The number of rotatable bonds is 0. The average molecular weight is 336 g/mol. The second-order valence-electron chi connectivity index (χ2n) is 2.11.